The first kappa shape index (κ1) is 18.6. The highest BCUT2D eigenvalue weighted by molar-refractivity contribution is 6.04. The van der Waals surface area contributed by atoms with Crippen molar-refractivity contribution in [1.29, 1.82) is 0 Å². The molecule has 27 heavy (non-hydrogen) atoms. The topological polar surface area (TPSA) is 58.1 Å². The number of rotatable bonds is 6. The highest BCUT2D eigenvalue weighted by atomic mass is 16.1. The molecule has 138 valence electrons. The van der Waals surface area contributed by atoms with Gasteiger partial charge in [0.1, 0.15) is 0 Å². The number of para-hydroxylation sites is 1. The van der Waals surface area contributed by atoms with Crippen LogP contribution in [-0.4, -0.2) is 22.9 Å². The monoisotopic (exact) mass is 360 g/mol. The Labute approximate surface area is 160 Å². The van der Waals surface area contributed by atoms with E-state index in [1.165, 1.54) is 5.56 Å². The third-order valence-corrected chi connectivity index (χ3v) is 4.34. The number of carbonyl (C=O) groups excluding carboxylic acids is 1. The minimum absolute atomic E-state index is 0.208. The van der Waals surface area contributed by atoms with Crippen LogP contribution in [0.5, 0.6) is 0 Å². The lowest BCUT2D eigenvalue weighted by atomic mass is 10.0. The van der Waals surface area contributed by atoms with Gasteiger partial charge in [0.05, 0.1) is 5.56 Å². The Morgan fingerprint density at radius 1 is 1.00 bits per heavy atom. The molecule has 0 radical (unpaired) electrons. The minimum Gasteiger partial charge on any atom is -0.340 e. The molecule has 0 aliphatic rings. The molecule has 0 spiro atoms. The van der Waals surface area contributed by atoms with Crippen molar-refractivity contribution >= 4 is 17.5 Å². The van der Waals surface area contributed by atoms with Gasteiger partial charge >= 0.3 is 0 Å². The normalized spacial score (nSPS) is 10.7. The predicted molar refractivity (Wildman–Crippen MR) is 109 cm³/mol. The Balaban J connectivity index is 1.69. The minimum atomic E-state index is -0.208. The number of anilines is 2. The van der Waals surface area contributed by atoms with Crippen molar-refractivity contribution in [3.05, 3.63) is 83.7 Å². The third kappa shape index (κ3) is 4.70. The summed E-state index contributed by atoms with van der Waals surface area (Å²) in [4.78, 5) is 23.2. The molecule has 0 unspecified atom stereocenters. The summed E-state index contributed by atoms with van der Waals surface area (Å²) in [5.74, 6) is 0.699. The maximum atomic E-state index is 12.6. The van der Waals surface area contributed by atoms with Crippen LogP contribution in [0.25, 0.3) is 0 Å². The number of amides is 1. The van der Waals surface area contributed by atoms with Crippen molar-refractivity contribution in [1.82, 2.24) is 9.97 Å². The van der Waals surface area contributed by atoms with E-state index in [9.17, 15) is 4.79 Å². The first-order valence-corrected chi connectivity index (χ1v) is 9.02. The van der Waals surface area contributed by atoms with Crippen molar-refractivity contribution in [3.8, 4) is 0 Å². The van der Waals surface area contributed by atoms with Gasteiger partial charge in [0, 0.05) is 31.7 Å². The van der Waals surface area contributed by atoms with E-state index in [1.807, 2.05) is 54.4 Å². The van der Waals surface area contributed by atoms with Crippen molar-refractivity contribution in [2.75, 3.05) is 17.3 Å². The maximum Gasteiger partial charge on any atom is 0.258 e. The van der Waals surface area contributed by atoms with E-state index in [2.05, 4.69) is 41.3 Å². The Kier molecular flexibility index (Phi) is 5.81. The van der Waals surface area contributed by atoms with Crippen LogP contribution in [0.3, 0.4) is 0 Å². The van der Waals surface area contributed by atoms with Crippen LogP contribution in [-0.2, 0) is 6.54 Å². The predicted octanol–water partition coefficient (Wildman–Crippen LogP) is 4.49. The SMILES string of the molecule is CC(C)c1ccccc1NC(=O)c1cnc(N(C)Cc2ccccc2)nc1. The summed E-state index contributed by atoms with van der Waals surface area (Å²) < 4.78 is 0. The zero-order chi connectivity index (χ0) is 19.2. The molecule has 3 rings (SSSR count). The number of aromatic nitrogens is 2. The van der Waals surface area contributed by atoms with E-state index < -0.39 is 0 Å². The first-order chi connectivity index (χ1) is 13.0. The number of nitrogens with zero attached hydrogens (tertiary/aromatic N) is 3. The molecular formula is C22H24N4O. The molecule has 0 saturated heterocycles. The van der Waals surface area contributed by atoms with Gasteiger partial charge in [-0.15, -0.1) is 0 Å². The summed E-state index contributed by atoms with van der Waals surface area (Å²) in [6.45, 7) is 4.91. The molecule has 0 aliphatic carbocycles. The fourth-order valence-electron chi connectivity index (χ4n) is 2.87. The molecule has 0 saturated carbocycles. The largest absolute Gasteiger partial charge is 0.340 e. The number of hydrogen-bond donors (Lipinski definition) is 1. The highest BCUT2D eigenvalue weighted by Gasteiger charge is 2.13. The van der Waals surface area contributed by atoms with E-state index >= 15 is 0 Å². The molecule has 1 amide bonds. The summed E-state index contributed by atoms with van der Waals surface area (Å²) in [6.07, 6.45) is 3.13. The molecule has 0 fully saturated rings. The van der Waals surface area contributed by atoms with Crippen LogP contribution in [0.15, 0.2) is 67.0 Å². The fraction of sp³-hybridized carbons (Fsp3) is 0.227. The molecule has 0 bridgehead atoms. The molecule has 1 aromatic heterocycles. The summed E-state index contributed by atoms with van der Waals surface area (Å²) in [6, 6.07) is 18.0. The van der Waals surface area contributed by atoms with E-state index in [-0.39, 0.29) is 5.91 Å². The van der Waals surface area contributed by atoms with Crippen molar-refractivity contribution < 1.29 is 4.79 Å². The summed E-state index contributed by atoms with van der Waals surface area (Å²) >= 11 is 0. The molecule has 5 heteroatoms. The second kappa shape index (κ2) is 8.45. The van der Waals surface area contributed by atoms with Crippen LogP contribution in [0.1, 0.15) is 41.3 Å². The first-order valence-electron chi connectivity index (χ1n) is 9.02. The summed E-state index contributed by atoms with van der Waals surface area (Å²) in [7, 11) is 1.93. The van der Waals surface area contributed by atoms with Crippen LogP contribution in [0.2, 0.25) is 0 Å². The lowest BCUT2D eigenvalue weighted by Crippen LogP contribution is -2.20. The van der Waals surface area contributed by atoms with Crippen LogP contribution in [0.4, 0.5) is 11.6 Å². The highest BCUT2D eigenvalue weighted by Crippen LogP contribution is 2.24. The number of carbonyl (C=O) groups is 1. The molecule has 5 nitrogen and oxygen atoms in total. The van der Waals surface area contributed by atoms with Gasteiger partial charge in [0.15, 0.2) is 0 Å². The van der Waals surface area contributed by atoms with E-state index in [0.29, 0.717) is 24.0 Å². The molecule has 3 aromatic rings. The zero-order valence-electron chi connectivity index (χ0n) is 15.9. The summed E-state index contributed by atoms with van der Waals surface area (Å²) in [5, 5.41) is 2.96. The van der Waals surface area contributed by atoms with Crippen LogP contribution in [0, 0.1) is 0 Å². The van der Waals surface area contributed by atoms with Crippen molar-refractivity contribution in [3.63, 3.8) is 0 Å². The molecular weight excluding hydrogens is 336 g/mol. The van der Waals surface area contributed by atoms with E-state index in [4.69, 9.17) is 0 Å². The van der Waals surface area contributed by atoms with Gasteiger partial charge in [-0.3, -0.25) is 4.79 Å². The number of nitrogens with one attached hydrogen (secondary N) is 1. The smallest absolute Gasteiger partial charge is 0.258 e. The van der Waals surface area contributed by atoms with Gasteiger partial charge in [-0.05, 0) is 23.1 Å². The maximum absolute atomic E-state index is 12.6. The summed E-state index contributed by atoms with van der Waals surface area (Å²) in [5.41, 5.74) is 3.54. The van der Waals surface area contributed by atoms with E-state index in [1.54, 1.807) is 12.4 Å². The quantitative estimate of drug-likeness (QED) is 0.704. The lowest BCUT2D eigenvalue weighted by molar-refractivity contribution is 0.102. The van der Waals surface area contributed by atoms with Gasteiger partial charge < -0.3 is 10.2 Å². The Bertz CT molecular complexity index is 892. The van der Waals surface area contributed by atoms with Crippen LogP contribution < -0.4 is 10.2 Å². The van der Waals surface area contributed by atoms with Crippen molar-refractivity contribution in [2.24, 2.45) is 0 Å². The standard InChI is InChI=1S/C22H24N4O/c1-16(2)19-11-7-8-12-20(19)25-21(27)18-13-23-22(24-14-18)26(3)15-17-9-5-4-6-10-17/h4-14,16H,15H2,1-3H3,(H,25,27). The Morgan fingerprint density at radius 3 is 2.30 bits per heavy atom. The van der Waals surface area contributed by atoms with Crippen LogP contribution >= 0.6 is 0 Å². The van der Waals surface area contributed by atoms with Gasteiger partial charge in [0.25, 0.3) is 5.91 Å². The van der Waals surface area contributed by atoms with Crippen molar-refractivity contribution in [2.45, 2.75) is 26.3 Å². The molecule has 0 aliphatic heterocycles. The van der Waals surface area contributed by atoms with Gasteiger partial charge in [0.2, 0.25) is 5.95 Å². The molecule has 1 heterocycles. The fourth-order valence-corrected chi connectivity index (χ4v) is 2.87. The van der Waals surface area contributed by atoms with Gasteiger partial charge in [-0.1, -0.05) is 62.4 Å². The lowest BCUT2D eigenvalue weighted by Gasteiger charge is -2.17. The number of benzene rings is 2. The number of hydrogen-bond acceptors (Lipinski definition) is 4. The average Bonchev–Trinajstić information content (AvgIpc) is 2.69. The molecule has 2 aromatic carbocycles. The van der Waals surface area contributed by atoms with Gasteiger partial charge in [-0.2, -0.15) is 0 Å². The molecule has 0 atom stereocenters. The van der Waals surface area contributed by atoms with Gasteiger partial charge in [-0.25, -0.2) is 9.97 Å². The zero-order valence-corrected chi connectivity index (χ0v) is 15.9. The second-order valence-electron chi connectivity index (χ2n) is 6.81. The van der Waals surface area contributed by atoms with E-state index in [0.717, 1.165) is 11.3 Å². The molecule has 1 N–H and O–H groups in total. The Morgan fingerprint density at radius 2 is 1.63 bits per heavy atom. The average molecular weight is 360 g/mol. The second-order valence-corrected chi connectivity index (χ2v) is 6.81. The Hall–Kier alpha value is -3.21. The third-order valence-electron chi connectivity index (χ3n) is 4.34.